The minimum absolute atomic E-state index is 0.107. The lowest BCUT2D eigenvalue weighted by molar-refractivity contribution is -0.120. The normalized spacial score (nSPS) is 11.9. The molecule has 0 fully saturated rings. The van der Waals surface area contributed by atoms with Crippen molar-refractivity contribution in [1.29, 1.82) is 0 Å². The fraction of sp³-hybridized carbons (Fsp3) is 0.364. The Morgan fingerprint density at radius 3 is 2.31 bits per heavy atom. The molecule has 2 aromatic rings. The second kappa shape index (κ2) is 8.95. The summed E-state index contributed by atoms with van der Waals surface area (Å²) >= 11 is 5.31. The fourth-order valence-corrected chi connectivity index (χ4v) is 3.02. The molecular formula is C22H28N2OS. The van der Waals surface area contributed by atoms with Crippen molar-refractivity contribution < 1.29 is 4.79 Å². The first kappa shape index (κ1) is 20.1. The van der Waals surface area contributed by atoms with Crippen LogP contribution in [0, 0.1) is 19.8 Å². The molecule has 138 valence electrons. The first-order chi connectivity index (χ1) is 12.3. The van der Waals surface area contributed by atoms with Crippen LogP contribution in [0.2, 0.25) is 0 Å². The summed E-state index contributed by atoms with van der Waals surface area (Å²) in [5.74, 6) is 0.251. The zero-order valence-corrected chi connectivity index (χ0v) is 17.0. The number of rotatable bonds is 5. The van der Waals surface area contributed by atoms with E-state index < -0.39 is 0 Å². The number of hydrogen-bond acceptors (Lipinski definition) is 2. The first-order valence-electron chi connectivity index (χ1n) is 9.04. The van der Waals surface area contributed by atoms with E-state index in [9.17, 15) is 4.79 Å². The maximum Gasteiger partial charge on any atom is 0.233 e. The van der Waals surface area contributed by atoms with E-state index in [1.54, 1.807) is 0 Å². The molecule has 4 heteroatoms. The Bertz CT molecular complexity index is 781. The highest BCUT2D eigenvalue weighted by Gasteiger charge is 2.16. The van der Waals surface area contributed by atoms with E-state index in [2.05, 4.69) is 36.6 Å². The molecule has 0 saturated carbocycles. The van der Waals surface area contributed by atoms with Gasteiger partial charge in [0.15, 0.2) is 5.11 Å². The summed E-state index contributed by atoms with van der Waals surface area (Å²) in [5.41, 5.74) is 5.43. The minimum atomic E-state index is -0.263. The van der Waals surface area contributed by atoms with Crippen molar-refractivity contribution in [2.24, 2.45) is 5.92 Å². The number of amides is 1. The smallest absolute Gasteiger partial charge is 0.233 e. The first-order valence-corrected chi connectivity index (χ1v) is 9.45. The SMILES string of the molecule is Cc1ccc(C)c(NC(=S)NC(=O)C(C)c2ccc(CC(C)C)cc2)c1. The average Bonchev–Trinajstić information content (AvgIpc) is 2.57. The third kappa shape index (κ3) is 5.67. The third-order valence-corrected chi connectivity index (χ3v) is 4.60. The van der Waals surface area contributed by atoms with Crippen LogP contribution in [0.1, 0.15) is 48.9 Å². The molecule has 0 aliphatic heterocycles. The van der Waals surface area contributed by atoms with Crippen LogP contribution in [0.5, 0.6) is 0 Å². The van der Waals surface area contributed by atoms with Gasteiger partial charge in [-0.15, -0.1) is 0 Å². The Labute approximate surface area is 162 Å². The maximum atomic E-state index is 12.5. The standard InChI is InChI=1S/C22H28N2OS/c1-14(2)12-18-8-10-19(11-9-18)17(5)21(25)24-22(26)23-20-13-15(3)6-7-16(20)4/h6-11,13-14,17H,12H2,1-5H3,(H2,23,24,25,26). The average molecular weight is 369 g/mol. The van der Waals surface area contributed by atoms with Crippen molar-refractivity contribution in [3.63, 3.8) is 0 Å². The van der Waals surface area contributed by atoms with Gasteiger partial charge in [-0.05, 0) is 73.6 Å². The highest BCUT2D eigenvalue weighted by Crippen LogP contribution is 2.19. The number of benzene rings is 2. The lowest BCUT2D eigenvalue weighted by atomic mass is 9.96. The number of nitrogens with one attached hydrogen (secondary N) is 2. The third-order valence-electron chi connectivity index (χ3n) is 4.39. The molecule has 0 radical (unpaired) electrons. The van der Waals surface area contributed by atoms with Gasteiger partial charge in [-0.2, -0.15) is 0 Å². The molecule has 3 nitrogen and oxygen atoms in total. The second-order valence-electron chi connectivity index (χ2n) is 7.32. The van der Waals surface area contributed by atoms with Gasteiger partial charge in [-0.25, -0.2) is 0 Å². The van der Waals surface area contributed by atoms with E-state index >= 15 is 0 Å². The second-order valence-corrected chi connectivity index (χ2v) is 7.73. The monoisotopic (exact) mass is 368 g/mol. The molecule has 0 aromatic heterocycles. The van der Waals surface area contributed by atoms with Crippen molar-refractivity contribution in [2.75, 3.05) is 5.32 Å². The summed E-state index contributed by atoms with van der Waals surface area (Å²) in [4.78, 5) is 12.5. The quantitative estimate of drug-likeness (QED) is 0.720. The van der Waals surface area contributed by atoms with E-state index in [0.29, 0.717) is 11.0 Å². The molecule has 26 heavy (non-hydrogen) atoms. The molecule has 2 rings (SSSR count). The van der Waals surface area contributed by atoms with E-state index in [4.69, 9.17) is 12.2 Å². The van der Waals surface area contributed by atoms with Crippen molar-refractivity contribution >= 4 is 28.9 Å². The van der Waals surface area contributed by atoms with E-state index in [-0.39, 0.29) is 11.8 Å². The molecule has 0 aliphatic rings. The molecule has 0 saturated heterocycles. The van der Waals surface area contributed by atoms with Crippen LogP contribution in [-0.2, 0) is 11.2 Å². The van der Waals surface area contributed by atoms with E-state index in [1.165, 1.54) is 5.56 Å². The van der Waals surface area contributed by atoms with Crippen LogP contribution in [0.25, 0.3) is 0 Å². The van der Waals surface area contributed by atoms with Crippen LogP contribution in [0.4, 0.5) is 5.69 Å². The summed E-state index contributed by atoms with van der Waals surface area (Å²) < 4.78 is 0. The van der Waals surface area contributed by atoms with Gasteiger partial charge in [0.05, 0.1) is 5.92 Å². The largest absolute Gasteiger partial charge is 0.332 e. The summed E-state index contributed by atoms with van der Waals surface area (Å²) in [6.45, 7) is 10.3. The molecular weight excluding hydrogens is 340 g/mol. The summed E-state index contributed by atoms with van der Waals surface area (Å²) in [6.07, 6.45) is 1.05. The molecule has 2 N–H and O–H groups in total. The van der Waals surface area contributed by atoms with Gasteiger partial charge in [0, 0.05) is 5.69 Å². The molecule has 1 unspecified atom stereocenters. The lowest BCUT2D eigenvalue weighted by Gasteiger charge is -2.16. The van der Waals surface area contributed by atoms with Crippen molar-refractivity contribution in [2.45, 2.75) is 47.0 Å². The highest BCUT2D eigenvalue weighted by molar-refractivity contribution is 7.80. The molecule has 1 atom stereocenters. The number of anilines is 1. The van der Waals surface area contributed by atoms with Crippen LogP contribution < -0.4 is 10.6 Å². The summed E-state index contributed by atoms with van der Waals surface area (Å²) in [5, 5.41) is 6.25. The summed E-state index contributed by atoms with van der Waals surface area (Å²) in [7, 11) is 0. The topological polar surface area (TPSA) is 41.1 Å². The molecule has 0 heterocycles. The number of hydrogen-bond donors (Lipinski definition) is 2. The fourth-order valence-electron chi connectivity index (χ4n) is 2.81. The molecule has 2 aromatic carbocycles. The molecule has 0 spiro atoms. The van der Waals surface area contributed by atoms with Gasteiger partial charge in [-0.1, -0.05) is 50.2 Å². The number of carbonyl (C=O) groups is 1. The van der Waals surface area contributed by atoms with Crippen LogP contribution in [0.15, 0.2) is 42.5 Å². The maximum absolute atomic E-state index is 12.5. The van der Waals surface area contributed by atoms with Crippen molar-refractivity contribution in [1.82, 2.24) is 5.32 Å². The number of aryl methyl sites for hydroxylation is 2. The zero-order chi connectivity index (χ0) is 19.3. The highest BCUT2D eigenvalue weighted by atomic mass is 32.1. The number of thiocarbonyl (C=S) groups is 1. The van der Waals surface area contributed by atoms with Gasteiger partial charge in [0.2, 0.25) is 5.91 Å². The number of carbonyl (C=O) groups excluding carboxylic acids is 1. The van der Waals surface area contributed by atoms with E-state index in [0.717, 1.165) is 28.8 Å². The lowest BCUT2D eigenvalue weighted by Crippen LogP contribution is -2.36. The minimum Gasteiger partial charge on any atom is -0.332 e. The Morgan fingerprint density at radius 1 is 1.04 bits per heavy atom. The zero-order valence-electron chi connectivity index (χ0n) is 16.2. The van der Waals surface area contributed by atoms with Crippen molar-refractivity contribution in [3.8, 4) is 0 Å². The van der Waals surface area contributed by atoms with Crippen LogP contribution in [-0.4, -0.2) is 11.0 Å². The molecule has 0 aliphatic carbocycles. The van der Waals surface area contributed by atoms with Gasteiger partial charge in [0.1, 0.15) is 0 Å². The Balaban J connectivity index is 1.97. The van der Waals surface area contributed by atoms with Crippen LogP contribution in [0.3, 0.4) is 0 Å². The van der Waals surface area contributed by atoms with Gasteiger partial charge in [0.25, 0.3) is 0 Å². The molecule has 0 bridgehead atoms. The Hall–Kier alpha value is -2.20. The van der Waals surface area contributed by atoms with Gasteiger partial charge in [-0.3, -0.25) is 4.79 Å². The van der Waals surface area contributed by atoms with Crippen LogP contribution >= 0.6 is 12.2 Å². The van der Waals surface area contributed by atoms with Crippen molar-refractivity contribution in [3.05, 3.63) is 64.7 Å². The Morgan fingerprint density at radius 2 is 1.69 bits per heavy atom. The predicted molar refractivity (Wildman–Crippen MR) is 114 cm³/mol. The predicted octanol–water partition coefficient (Wildman–Crippen LogP) is 5.12. The summed E-state index contributed by atoms with van der Waals surface area (Å²) in [6, 6.07) is 14.4. The van der Waals surface area contributed by atoms with E-state index in [1.807, 2.05) is 51.1 Å². The van der Waals surface area contributed by atoms with Gasteiger partial charge >= 0.3 is 0 Å². The Kier molecular flexibility index (Phi) is 6.92. The van der Waals surface area contributed by atoms with Gasteiger partial charge < -0.3 is 10.6 Å². The molecule has 1 amide bonds.